The van der Waals surface area contributed by atoms with Crippen LogP contribution in [0.3, 0.4) is 0 Å². The third-order valence-corrected chi connectivity index (χ3v) is 3.45. The number of aromatic nitrogens is 3. The molecule has 0 aromatic carbocycles. The molecule has 106 valence electrons. The monoisotopic (exact) mass is 265 g/mol. The fraction of sp³-hybridized carbons (Fsp3) is 0.769. The minimum Gasteiger partial charge on any atom is -0.346 e. The highest BCUT2D eigenvalue weighted by Crippen LogP contribution is 2.17. The van der Waals surface area contributed by atoms with Crippen LogP contribution in [-0.2, 0) is 5.41 Å². The van der Waals surface area contributed by atoms with Crippen molar-refractivity contribution in [3.05, 3.63) is 11.6 Å². The first-order chi connectivity index (χ1) is 8.86. The highest BCUT2D eigenvalue weighted by molar-refractivity contribution is 5.90. The van der Waals surface area contributed by atoms with E-state index in [4.69, 9.17) is 0 Å². The van der Waals surface area contributed by atoms with Gasteiger partial charge in [-0.25, -0.2) is 4.98 Å². The predicted octanol–water partition coefficient (Wildman–Crippen LogP) is 0.926. The number of nitrogens with one attached hydrogen (secondary N) is 2. The van der Waals surface area contributed by atoms with E-state index in [0.29, 0.717) is 0 Å². The molecular formula is C13H23N5O. The molecule has 1 aliphatic rings. The fourth-order valence-electron chi connectivity index (χ4n) is 2.10. The first kappa shape index (κ1) is 14.0. The van der Waals surface area contributed by atoms with Crippen LogP contribution < -0.4 is 5.32 Å². The lowest BCUT2D eigenvalue weighted by Crippen LogP contribution is -2.43. The summed E-state index contributed by atoms with van der Waals surface area (Å²) in [4.78, 5) is 18.6. The lowest BCUT2D eigenvalue weighted by atomic mass is 9.96. The number of carbonyl (C=O) groups excluding carboxylic acids is 1. The molecule has 19 heavy (non-hydrogen) atoms. The molecule has 1 aliphatic heterocycles. The van der Waals surface area contributed by atoms with Crippen LogP contribution in [0.1, 0.15) is 50.1 Å². The van der Waals surface area contributed by atoms with E-state index in [9.17, 15) is 4.79 Å². The Morgan fingerprint density at radius 1 is 1.37 bits per heavy atom. The molecule has 1 fully saturated rings. The Kier molecular flexibility index (Phi) is 3.89. The number of hydrogen-bond acceptors (Lipinski definition) is 4. The van der Waals surface area contributed by atoms with E-state index in [-0.39, 0.29) is 23.2 Å². The maximum Gasteiger partial charge on any atom is 0.291 e. The number of rotatable bonds is 2. The summed E-state index contributed by atoms with van der Waals surface area (Å²) in [5.74, 6) is 0.797. The van der Waals surface area contributed by atoms with E-state index in [1.165, 1.54) is 0 Å². The predicted molar refractivity (Wildman–Crippen MR) is 73.1 cm³/mol. The topological polar surface area (TPSA) is 73.9 Å². The van der Waals surface area contributed by atoms with Crippen LogP contribution >= 0.6 is 0 Å². The molecule has 1 aromatic rings. The molecule has 0 bridgehead atoms. The highest BCUT2D eigenvalue weighted by atomic mass is 16.2. The van der Waals surface area contributed by atoms with E-state index >= 15 is 0 Å². The lowest BCUT2D eigenvalue weighted by Gasteiger charge is -2.29. The molecule has 1 saturated heterocycles. The number of likely N-dealkylation sites (tertiary alicyclic amines) is 1. The average Bonchev–Trinajstić information content (AvgIpc) is 2.81. The molecule has 0 radical (unpaired) electrons. The summed E-state index contributed by atoms with van der Waals surface area (Å²) in [6.07, 6.45) is 1.97. The Bertz CT molecular complexity index is 440. The van der Waals surface area contributed by atoms with Crippen LogP contribution in [0.5, 0.6) is 0 Å². The average molecular weight is 265 g/mol. The molecule has 2 rings (SSSR count). The van der Waals surface area contributed by atoms with Crippen LogP contribution in [0.25, 0.3) is 0 Å². The number of aromatic amines is 1. The third kappa shape index (κ3) is 3.53. The Hall–Kier alpha value is -1.43. The minimum absolute atomic E-state index is 0.126. The van der Waals surface area contributed by atoms with Gasteiger partial charge in [-0.3, -0.25) is 9.89 Å². The Labute approximate surface area is 114 Å². The first-order valence-electron chi connectivity index (χ1n) is 6.78. The van der Waals surface area contributed by atoms with Crippen LogP contribution in [-0.4, -0.2) is 52.2 Å². The molecule has 0 unspecified atom stereocenters. The summed E-state index contributed by atoms with van der Waals surface area (Å²) in [7, 11) is 2.10. The van der Waals surface area contributed by atoms with Crippen molar-refractivity contribution in [3.63, 3.8) is 0 Å². The van der Waals surface area contributed by atoms with Crippen molar-refractivity contribution in [2.45, 2.75) is 45.1 Å². The van der Waals surface area contributed by atoms with Crippen molar-refractivity contribution in [1.29, 1.82) is 0 Å². The molecule has 6 nitrogen and oxygen atoms in total. The highest BCUT2D eigenvalue weighted by Gasteiger charge is 2.24. The molecule has 2 N–H and O–H groups in total. The standard InChI is InChI=1S/C13H23N5O/c1-13(2,3)12-15-10(16-17-12)11(19)14-9-5-7-18(4)8-6-9/h9H,5-8H2,1-4H3,(H,14,19)(H,15,16,17). The minimum atomic E-state index is -0.179. The second-order valence-electron chi connectivity index (χ2n) is 6.31. The van der Waals surface area contributed by atoms with Gasteiger partial charge < -0.3 is 10.2 Å². The van der Waals surface area contributed by atoms with Gasteiger partial charge in [-0.05, 0) is 33.0 Å². The number of carbonyl (C=O) groups is 1. The van der Waals surface area contributed by atoms with Crippen molar-refractivity contribution in [2.24, 2.45) is 0 Å². The summed E-state index contributed by atoms with van der Waals surface area (Å²) >= 11 is 0. The fourth-order valence-corrected chi connectivity index (χ4v) is 2.10. The summed E-state index contributed by atoms with van der Waals surface area (Å²) in [5.41, 5.74) is -0.126. The van der Waals surface area contributed by atoms with Crippen LogP contribution in [0, 0.1) is 0 Å². The van der Waals surface area contributed by atoms with Gasteiger partial charge in [0.05, 0.1) is 0 Å². The third-order valence-electron chi connectivity index (χ3n) is 3.45. The van der Waals surface area contributed by atoms with Gasteiger partial charge in [-0.2, -0.15) is 0 Å². The number of hydrogen-bond donors (Lipinski definition) is 2. The summed E-state index contributed by atoms with van der Waals surface area (Å²) in [5, 5.41) is 9.86. The van der Waals surface area contributed by atoms with E-state index in [1.807, 2.05) is 20.8 Å². The maximum absolute atomic E-state index is 12.1. The molecule has 1 aromatic heterocycles. The smallest absolute Gasteiger partial charge is 0.291 e. The number of H-pyrrole nitrogens is 1. The second kappa shape index (κ2) is 5.28. The van der Waals surface area contributed by atoms with Crippen molar-refractivity contribution >= 4 is 5.91 Å². The quantitative estimate of drug-likeness (QED) is 0.834. The maximum atomic E-state index is 12.1. The van der Waals surface area contributed by atoms with Gasteiger partial charge in [0.1, 0.15) is 5.82 Å². The zero-order valence-corrected chi connectivity index (χ0v) is 12.2. The van der Waals surface area contributed by atoms with Gasteiger partial charge in [0, 0.05) is 11.5 Å². The second-order valence-corrected chi connectivity index (χ2v) is 6.31. The van der Waals surface area contributed by atoms with E-state index in [2.05, 4.69) is 32.4 Å². The summed E-state index contributed by atoms with van der Waals surface area (Å²) in [6, 6.07) is 0.236. The molecule has 6 heteroatoms. The first-order valence-corrected chi connectivity index (χ1v) is 6.78. The molecule has 0 atom stereocenters. The van der Waals surface area contributed by atoms with Gasteiger partial charge in [0.15, 0.2) is 0 Å². The SMILES string of the molecule is CN1CCC(NC(=O)c2n[nH]c(C(C)(C)C)n2)CC1. The van der Waals surface area contributed by atoms with Gasteiger partial charge in [0.2, 0.25) is 5.82 Å². The van der Waals surface area contributed by atoms with E-state index in [0.717, 1.165) is 31.8 Å². The zero-order chi connectivity index (χ0) is 14.0. The molecule has 0 saturated carbocycles. The summed E-state index contributed by atoms with van der Waals surface area (Å²) in [6.45, 7) is 8.14. The Morgan fingerprint density at radius 2 is 2.00 bits per heavy atom. The number of amides is 1. The molecule has 0 aliphatic carbocycles. The number of piperidine rings is 1. The van der Waals surface area contributed by atoms with Crippen LogP contribution in [0.2, 0.25) is 0 Å². The van der Waals surface area contributed by atoms with Crippen molar-refractivity contribution < 1.29 is 4.79 Å². The lowest BCUT2D eigenvalue weighted by molar-refractivity contribution is 0.0906. The van der Waals surface area contributed by atoms with E-state index in [1.54, 1.807) is 0 Å². The number of nitrogens with zero attached hydrogens (tertiary/aromatic N) is 3. The molecule has 1 amide bonds. The largest absolute Gasteiger partial charge is 0.346 e. The van der Waals surface area contributed by atoms with Gasteiger partial charge in [-0.1, -0.05) is 20.8 Å². The van der Waals surface area contributed by atoms with Crippen molar-refractivity contribution in [1.82, 2.24) is 25.4 Å². The van der Waals surface area contributed by atoms with Crippen molar-refractivity contribution in [2.75, 3.05) is 20.1 Å². The Balaban J connectivity index is 1.95. The van der Waals surface area contributed by atoms with Crippen molar-refractivity contribution in [3.8, 4) is 0 Å². The van der Waals surface area contributed by atoms with Gasteiger partial charge in [-0.15, -0.1) is 5.10 Å². The van der Waals surface area contributed by atoms with E-state index < -0.39 is 0 Å². The molecule has 2 heterocycles. The Morgan fingerprint density at radius 3 is 2.53 bits per heavy atom. The normalized spacial score (nSPS) is 18.5. The zero-order valence-electron chi connectivity index (χ0n) is 12.2. The molecular weight excluding hydrogens is 242 g/mol. The summed E-state index contributed by atoms with van der Waals surface area (Å²) < 4.78 is 0. The van der Waals surface area contributed by atoms with Gasteiger partial charge >= 0.3 is 0 Å². The molecule has 0 spiro atoms. The van der Waals surface area contributed by atoms with Gasteiger partial charge in [0.25, 0.3) is 5.91 Å². The van der Waals surface area contributed by atoms with Crippen LogP contribution in [0.4, 0.5) is 0 Å². The van der Waals surface area contributed by atoms with Crippen LogP contribution in [0.15, 0.2) is 0 Å².